The Bertz CT molecular complexity index is 602. The van der Waals surface area contributed by atoms with Crippen molar-refractivity contribution in [3.63, 3.8) is 0 Å². The zero-order chi connectivity index (χ0) is 14.3. The fourth-order valence-electron chi connectivity index (χ4n) is 2.23. The van der Waals surface area contributed by atoms with Crippen molar-refractivity contribution in [2.24, 2.45) is 12.5 Å². The SMILES string of the molecule is Cn1cc(S(=O)(=O)Cl)cc1C(=O)NCC1(C)CCC1. The minimum atomic E-state index is -3.80. The van der Waals surface area contributed by atoms with Crippen LogP contribution in [0, 0.1) is 5.41 Å². The molecule has 0 saturated heterocycles. The van der Waals surface area contributed by atoms with Crippen LogP contribution in [0.3, 0.4) is 0 Å². The zero-order valence-electron chi connectivity index (χ0n) is 10.9. The van der Waals surface area contributed by atoms with Crippen LogP contribution in [0.1, 0.15) is 36.7 Å². The molecule has 1 saturated carbocycles. The van der Waals surface area contributed by atoms with E-state index in [1.165, 1.54) is 23.3 Å². The van der Waals surface area contributed by atoms with Crippen LogP contribution in [-0.2, 0) is 16.1 Å². The van der Waals surface area contributed by atoms with Gasteiger partial charge in [0, 0.05) is 30.5 Å². The normalized spacial score (nSPS) is 17.8. The van der Waals surface area contributed by atoms with Crippen LogP contribution in [0.4, 0.5) is 0 Å². The zero-order valence-corrected chi connectivity index (χ0v) is 12.5. The van der Waals surface area contributed by atoms with E-state index in [2.05, 4.69) is 12.2 Å². The number of amides is 1. The Balaban J connectivity index is 2.09. The number of nitrogens with one attached hydrogen (secondary N) is 1. The highest BCUT2D eigenvalue weighted by atomic mass is 35.7. The van der Waals surface area contributed by atoms with Gasteiger partial charge in [-0.05, 0) is 24.3 Å². The number of carbonyl (C=O) groups excluding carboxylic acids is 1. The maximum Gasteiger partial charge on any atom is 0.267 e. The molecule has 106 valence electrons. The molecule has 7 heteroatoms. The van der Waals surface area contributed by atoms with Gasteiger partial charge in [0.15, 0.2) is 0 Å². The summed E-state index contributed by atoms with van der Waals surface area (Å²) in [7, 11) is 3.07. The molecule has 5 nitrogen and oxygen atoms in total. The van der Waals surface area contributed by atoms with Gasteiger partial charge in [0.2, 0.25) is 0 Å². The third kappa shape index (κ3) is 3.12. The van der Waals surface area contributed by atoms with E-state index in [4.69, 9.17) is 10.7 Å². The van der Waals surface area contributed by atoms with E-state index in [-0.39, 0.29) is 16.2 Å². The summed E-state index contributed by atoms with van der Waals surface area (Å²) in [6.07, 6.45) is 4.76. The summed E-state index contributed by atoms with van der Waals surface area (Å²) < 4.78 is 23.9. The summed E-state index contributed by atoms with van der Waals surface area (Å²) in [5.41, 5.74) is 0.476. The van der Waals surface area contributed by atoms with Gasteiger partial charge in [-0.15, -0.1) is 0 Å². The van der Waals surface area contributed by atoms with Crippen molar-refractivity contribution >= 4 is 25.6 Å². The minimum Gasteiger partial charge on any atom is -0.350 e. The first-order chi connectivity index (χ1) is 8.71. The van der Waals surface area contributed by atoms with Crippen molar-refractivity contribution in [1.82, 2.24) is 9.88 Å². The second kappa shape index (κ2) is 4.83. The van der Waals surface area contributed by atoms with Crippen LogP contribution in [0.5, 0.6) is 0 Å². The number of carbonyl (C=O) groups is 1. The topological polar surface area (TPSA) is 68.2 Å². The van der Waals surface area contributed by atoms with E-state index in [0.717, 1.165) is 12.8 Å². The van der Waals surface area contributed by atoms with Gasteiger partial charge < -0.3 is 9.88 Å². The van der Waals surface area contributed by atoms with E-state index >= 15 is 0 Å². The summed E-state index contributed by atoms with van der Waals surface area (Å²) in [5, 5.41) is 2.85. The lowest BCUT2D eigenvalue weighted by atomic mass is 9.70. The van der Waals surface area contributed by atoms with Crippen LogP contribution in [0.2, 0.25) is 0 Å². The fourth-order valence-corrected chi connectivity index (χ4v) is 3.02. The molecule has 1 aromatic rings. The molecule has 1 aliphatic carbocycles. The summed E-state index contributed by atoms with van der Waals surface area (Å²) in [5.74, 6) is -0.276. The third-order valence-corrected chi connectivity index (χ3v) is 5.05. The first-order valence-corrected chi connectivity index (χ1v) is 8.41. The monoisotopic (exact) mass is 304 g/mol. The second-order valence-corrected chi connectivity index (χ2v) is 8.02. The molecule has 1 heterocycles. The Labute approximate surface area is 117 Å². The van der Waals surface area contributed by atoms with Gasteiger partial charge in [0.25, 0.3) is 15.0 Å². The molecular weight excluding hydrogens is 288 g/mol. The molecule has 0 atom stereocenters. The molecule has 0 bridgehead atoms. The molecule has 0 spiro atoms. The van der Waals surface area contributed by atoms with E-state index in [9.17, 15) is 13.2 Å². The number of hydrogen-bond acceptors (Lipinski definition) is 3. The van der Waals surface area contributed by atoms with Crippen molar-refractivity contribution < 1.29 is 13.2 Å². The molecule has 19 heavy (non-hydrogen) atoms. The van der Waals surface area contributed by atoms with E-state index in [0.29, 0.717) is 12.2 Å². The minimum absolute atomic E-state index is 0.0586. The predicted octanol–water partition coefficient (Wildman–Crippen LogP) is 1.87. The van der Waals surface area contributed by atoms with Gasteiger partial charge in [-0.2, -0.15) is 0 Å². The summed E-state index contributed by atoms with van der Waals surface area (Å²) in [4.78, 5) is 12.0. The van der Waals surface area contributed by atoms with Gasteiger partial charge in [-0.3, -0.25) is 4.79 Å². The van der Waals surface area contributed by atoms with Crippen molar-refractivity contribution in [2.75, 3.05) is 6.54 Å². The standard InChI is InChI=1S/C12H17ClN2O3S/c1-12(4-3-5-12)8-14-11(16)10-6-9(7-15(10)2)19(13,17)18/h6-7H,3-5,8H2,1-2H3,(H,14,16). The highest BCUT2D eigenvalue weighted by Gasteiger charge is 2.32. The highest BCUT2D eigenvalue weighted by Crippen LogP contribution is 2.39. The lowest BCUT2D eigenvalue weighted by Gasteiger charge is -2.38. The average Bonchev–Trinajstić information content (AvgIpc) is 2.65. The third-order valence-electron chi connectivity index (χ3n) is 3.73. The maximum absolute atomic E-state index is 12.0. The molecule has 0 radical (unpaired) electrons. The first-order valence-electron chi connectivity index (χ1n) is 6.11. The van der Waals surface area contributed by atoms with Crippen molar-refractivity contribution in [3.8, 4) is 0 Å². The number of nitrogens with zero attached hydrogens (tertiary/aromatic N) is 1. The maximum atomic E-state index is 12.0. The quantitative estimate of drug-likeness (QED) is 0.864. The average molecular weight is 305 g/mol. The lowest BCUT2D eigenvalue weighted by molar-refractivity contribution is 0.0883. The number of hydrogen-bond donors (Lipinski definition) is 1. The molecule has 0 aliphatic heterocycles. The van der Waals surface area contributed by atoms with Crippen LogP contribution < -0.4 is 5.32 Å². The van der Waals surface area contributed by atoms with Crippen molar-refractivity contribution in [2.45, 2.75) is 31.1 Å². The number of rotatable bonds is 4. The van der Waals surface area contributed by atoms with Gasteiger partial charge in [0.1, 0.15) is 10.6 Å². The molecule has 1 aromatic heterocycles. The Morgan fingerprint density at radius 3 is 2.58 bits per heavy atom. The highest BCUT2D eigenvalue weighted by molar-refractivity contribution is 8.13. The van der Waals surface area contributed by atoms with Gasteiger partial charge in [-0.25, -0.2) is 8.42 Å². The number of aryl methyl sites for hydroxylation is 1. The number of halogens is 1. The van der Waals surface area contributed by atoms with Gasteiger partial charge in [0.05, 0.1) is 0 Å². The van der Waals surface area contributed by atoms with Crippen molar-refractivity contribution in [3.05, 3.63) is 18.0 Å². The van der Waals surface area contributed by atoms with Crippen LogP contribution in [0.15, 0.2) is 17.2 Å². The Morgan fingerprint density at radius 2 is 2.16 bits per heavy atom. The molecule has 1 N–H and O–H groups in total. The van der Waals surface area contributed by atoms with Crippen LogP contribution in [0.25, 0.3) is 0 Å². The van der Waals surface area contributed by atoms with E-state index in [1.54, 1.807) is 7.05 Å². The van der Waals surface area contributed by atoms with Gasteiger partial charge in [-0.1, -0.05) is 13.3 Å². The molecule has 0 aromatic carbocycles. The van der Waals surface area contributed by atoms with E-state index in [1.807, 2.05) is 0 Å². The van der Waals surface area contributed by atoms with Crippen LogP contribution >= 0.6 is 10.7 Å². The summed E-state index contributed by atoms with van der Waals surface area (Å²) in [6.45, 7) is 2.75. The molecule has 1 amide bonds. The number of aromatic nitrogens is 1. The largest absolute Gasteiger partial charge is 0.350 e. The first kappa shape index (κ1) is 14.4. The lowest BCUT2D eigenvalue weighted by Crippen LogP contribution is -2.40. The second-order valence-electron chi connectivity index (χ2n) is 5.46. The van der Waals surface area contributed by atoms with E-state index < -0.39 is 9.05 Å². The smallest absolute Gasteiger partial charge is 0.267 e. The molecule has 1 aliphatic rings. The molecule has 1 fully saturated rings. The molecular formula is C12H17ClN2O3S. The predicted molar refractivity (Wildman–Crippen MR) is 72.7 cm³/mol. The summed E-state index contributed by atoms with van der Waals surface area (Å²) in [6, 6.07) is 1.29. The molecule has 0 unspecified atom stereocenters. The summed E-state index contributed by atoms with van der Waals surface area (Å²) >= 11 is 0. The Kier molecular flexibility index (Phi) is 3.66. The fraction of sp³-hybridized carbons (Fsp3) is 0.583. The molecule has 2 rings (SSSR count). The van der Waals surface area contributed by atoms with Crippen molar-refractivity contribution in [1.29, 1.82) is 0 Å². The van der Waals surface area contributed by atoms with Crippen LogP contribution in [-0.4, -0.2) is 25.4 Å². The Hall–Kier alpha value is -1.01. The Morgan fingerprint density at radius 1 is 1.53 bits per heavy atom. The van der Waals surface area contributed by atoms with Gasteiger partial charge >= 0.3 is 0 Å².